The Balaban J connectivity index is 2.30. The lowest BCUT2D eigenvalue weighted by Crippen LogP contribution is -2.12. The maximum Gasteiger partial charge on any atom is 0.417 e. The first-order valence-corrected chi connectivity index (χ1v) is 9.02. The van der Waals surface area contributed by atoms with Crippen LogP contribution in [0.4, 0.5) is 26.3 Å². The molecule has 0 spiro atoms. The Hall–Kier alpha value is -3.49. The molecule has 0 heterocycles. The van der Waals surface area contributed by atoms with Crippen molar-refractivity contribution in [2.45, 2.75) is 12.4 Å². The second kappa shape index (κ2) is 10.2. The second-order valence-electron chi connectivity index (χ2n) is 6.40. The molecule has 0 unspecified atom stereocenters. The highest BCUT2D eigenvalue weighted by Crippen LogP contribution is 2.37. The van der Waals surface area contributed by atoms with Crippen LogP contribution in [0.2, 0.25) is 0 Å². The topological polar surface area (TPSA) is 35.5 Å². The Bertz CT molecular complexity index is 1050. The Labute approximate surface area is 180 Å². The lowest BCUT2D eigenvalue weighted by atomic mass is 10.0. The van der Waals surface area contributed by atoms with E-state index >= 15 is 0 Å². The fourth-order valence-electron chi connectivity index (χ4n) is 2.72. The third-order valence-electron chi connectivity index (χ3n) is 4.20. The van der Waals surface area contributed by atoms with E-state index in [4.69, 9.17) is 9.47 Å². The number of esters is 1. The van der Waals surface area contributed by atoms with Crippen molar-refractivity contribution in [1.82, 2.24) is 0 Å². The van der Waals surface area contributed by atoms with Gasteiger partial charge in [-0.3, -0.25) is 0 Å². The molecule has 3 nitrogen and oxygen atoms in total. The smallest absolute Gasteiger partial charge is 0.417 e. The molecule has 2 aromatic carbocycles. The summed E-state index contributed by atoms with van der Waals surface area (Å²) in [5, 5.41) is 0. The van der Waals surface area contributed by atoms with Crippen LogP contribution in [0.3, 0.4) is 0 Å². The number of methoxy groups -OCH3 is 2. The van der Waals surface area contributed by atoms with E-state index in [9.17, 15) is 31.1 Å². The normalized spacial score (nSPS) is 13.1. The first kappa shape index (κ1) is 24.8. The largest absolute Gasteiger partial charge is 0.503 e. The lowest BCUT2D eigenvalue weighted by molar-refractivity contribution is -0.143. The van der Waals surface area contributed by atoms with Crippen LogP contribution in [0, 0.1) is 0 Å². The van der Waals surface area contributed by atoms with Crippen molar-refractivity contribution in [1.29, 1.82) is 0 Å². The molecule has 0 aliphatic rings. The van der Waals surface area contributed by atoms with Gasteiger partial charge in [-0.15, -0.1) is 0 Å². The maximum absolute atomic E-state index is 13.2. The third-order valence-corrected chi connectivity index (χ3v) is 4.20. The summed E-state index contributed by atoms with van der Waals surface area (Å²) in [5.74, 6) is -0.616. The minimum atomic E-state index is -4.95. The second-order valence-corrected chi connectivity index (χ2v) is 6.40. The van der Waals surface area contributed by atoms with Gasteiger partial charge in [-0.1, -0.05) is 48.6 Å². The molecule has 0 bridgehead atoms. The molecule has 32 heavy (non-hydrogen) atoms. The van der Waals surface area contributed by atoms with Crippen LogP contribution < -0.4 is 0 Å². The van der Waals surface area contributed by atoms with E-state index in [1.54, 1.807) is 30.3 Å². The summed E-state index contributed by atoms with van der Waals surface area (Å²) in [6, 6.07) is 8.08. The number of halogens is 6. The molecule has 0 radical (unpaired) electrons. The van der Waals surface area contributed by atoms with E-state index in [1.807, 2.05) is 0 Å². The zero-order chi connectivity index (χ0) is 23.9. The lowest BCUT2D eigenvalue weighted by Gasteiger charge is -2.14. The number of hydrogen-bond donors (Lipinski definition) is 0. The molecule has 0 fully saturated rings. The van der Waals surface area contributed by atoms with Crippen molar-refractivity contribution >= 4 is 23.7 Å². The van der Waals surface area contributed by atoms with Crippen LogP contribution in [0.5, 0.6) is 0 Å². The molecule has 0 saturated heterocycles. The highest BCUT2D eigenvalue weighted by atomic mass is 19.4. The average Bonchev–Trinajstić information content (AvgIpc) is 2.73. The van der Waals surface area contributed by atoms with Crippen LogP contribution in [0.15, 0.2) is 60.9 Å². The van der Waals surface area contributed by atoms with Gasteiger partial charge in [0.05, 0.1) is 31.6 Å². The Morgan fingerprint density at radius 3 is 2.16 bits per heavy atom. The summed E-state index contributed by atoms with van der Waals surface area (Å²) < 4.78 is 87.4. The van der Waals surface area contributed by atoms with Crippen molar-refractivity contribution in [2.24, 2.45) is 0 Å². The Kier molecular flexibility index (Phi) is 7.91. The number of hydrogen-bond acceptors (Lipinski definition) is 3. The molecule has 0 aliphatic heterocycles. The standard InChI is InChI=1S/C23H18F6O3/c1-31-14-19(21(30)32-2)17-9-5-7-15(12-17)6-3-4-8-16-10-11-18(22(24,25)26)13-20(16)23(27,28)29/h3-14H,1-2H3/b6-3+,8-4+,19-14+. The zero-order valence-corrected chi connectivity index (χ0v) is 16.9. The summed E-state index contributed by atoms with van der Waals surface area (Å²) in [6.07, 6.45) is -3.29. The molecule has 0 atom stereocenters. The molecule has 170 valence electrons. The molecular formula is C23H18F6O3. The van der Waals surface area contributed by atoms with Crippen LogP contribution >= 0.6 is 0 Å². The number of benzene rings is 2. The van der Waals surface area contributed by atoms with Crippen LogP contribution in [0.25, 0.3) is 17.7 Å². The van der Waals surface area contributed by atoms with Gasteiger partial charge in [0.2, 0.25) is 0 Å². The minimum absolute atomic E-state index is 0.0866. The van der Waals surface area contributed by atoms with Crippen LogP contribution in [0.1, 0.15) is 27.8 Å². The molecule has 2 aromatic rings. The maximum atomic E-state index is 13.2. The number of carbonyl (C=O) groups is 1. The Morgan fingerprint density at radius 2 is 1.56 bits per heavy atom. The first-order valence-electron chi connectivity index (χ1n) is 9.02. The van der Waals surface area contributed by atoms with Crippen LogP contribution in [-0.2, 0) is 26.6 Å². The van der Waals surface area contributed by atoms with Gasteiger partial charge in [-0.05, 0) is 34.9 Å². The van der Waals surface area contributed by atoms with E-state index in [0.717, 1.165) is 12.1 Å². The van der Waals surface area contributed by atoms with E-state index in [1.165, 1.54) is 32.6 Å². The van der Waals surface area contributed by atoms with Gasteiger partial charge in [-0.2, -0.15) is 26.3 Å². The molecule has 0 saturated carbocycles. The van der Waals surface area contributed by atoms with Crippen molar-refractivity contribution in [3.05, 3.63) is 88.7 Å². The predicted molar refractivity (Wildman–Crippen MR) is 108 cm³/mol. The summed E-state index contributed by atoms with van der Waals surface area (Å²) in [4.78, 5) is 11.9. The van der Waals surface area contributed by atoms with Gasteiger partial charge in [0.25, 0.3) is 0 Å². The van der Waals surface area contributed by atoms with E-state index < -0.39 is 35.0 Å². The summed E-state index contributed by atoms with van der Waals surface area (Å²) in [7, 11) is 2.59. The molecule has 0 aliphatic carbocycles. The van der Waals surface area contributed by atoms with Gasteiger partial charge in [0.1, 0.15) is 5.57 Å². The highest BCUT2D eigenvalue weighted by molar-refractivity contribution is 6.16. The van der Waals surface area contributed by atoms with E-state index in [-0.39, 0.29) is 11.6 Å². The van der Waals surface area contributed by atoms with Crippen molar-refractivity contribution in [2.75, 3.05) is 14.2 Å². The number of carbonyl (C=O) groups excluding carboxylic acids is 1. The van der Waals surface area contributed by atoms with Gasteiger partial charge < -0.3 is 9.47 Å². The minimum Gasteiger partial charge on any atom is -0.503 e. The fourth-order valence-corrected chi connectivity index (χ4v) is 2.72. The summed E-state index contributed by atoms with van der Waals surface area (Å²) >= 11 is 0. The summed E-state index contributed by atoms with van der Waals surface area (Å²) in [6.45, 7) is 0. The quantitative estimate of drug-likeness (QED) is 0.161. The average molecular weight is 456 g/mol. The van der Waals surface area contributed by atoms with E-state index in [2.05, 4.69) is 0 Å². The van der Waals surface area contributed by atoms with Crippen molar-refractivity contribution in [3.63, 3.8) is 0 Å². The zero-order valence-electron chi connectivity index (χ0n) is 16.9. The van der Waals surface area contributed by atoms with Gasteiger partial charge >= 0.3 is 18.3 Å². The number of ether oxygens (including phenoxy) is 2. The summed E-state index contributed by atoms with van der Waals surface area (Å²) in [5.41, 5.74) is -1.89. The van der Waals surface area contributed by atoms with Crippen molar-refractivity contribution < 1.29 is 40.6 Å². The molecule has 0 amide bonds. The van der Waals surface area contributed by atoms with E-state index in [0.29, 0.717) is 17.2 Å². The molecule has 2 rings (SSSR count). The first-order chi connectivity index (χ1) is 15.0. The number of allylic oxidation sites excluding steroid dienone is 2. The van der Waals surface area contributed by atoms with Gasteiger partial charge in [0.15, 0.2) is 0 Å². The highest BCUT2D eigenvalue weighted by Gasteiger charge is 2.37. The van der Waals surface area contributed by atoms with Crippen molar-refractivity contribution in [3.8, 4) is 0 Å². The molecular weight excluding hydrogens is 438 g/mol. The SMILES string of the molecule is CO/C=C(/C(=O)OC)c1cccc(/C=C/C=C/c2ccc(C(F)(F)F)cc2C(F)(F)F)c1. The van der Waals surface area contributed by atoms with Crippen LogP contribution in [-0.4, -0.2) is 20.2 Å². The molecule has 0 aromatic heterocycles. The molecule has 0 N–H and O–H groups in total. The Morgan fingerprint density at radius 1 is 0.875 bits per heavy atom. The predicted octanol–water partition coefficient (Wildman–Crippen LogP) is 6.61. The fraction of sp³-hybridized carbons (Fsp3) is 0.174. The third kappa shape index (κ3) is 6.50. The number of rotatable bonds is 6. The molecule has 9 heteroatoms. The van der Waals surface area contributed by atoms with Gasteiger partial charge in [0, 0.05) is 0 Å². The van der Waals surface area contributed by atoms with Gasteiger partial charge in [-0.25, -0.2) is 4.79 Å². The monoisotopic (exact) mass is 456 g/mol. The number of alkyl halides is 6.